The summed E-state index contributed by atoms with van der Waals surface area (Å²) in [5.41, 5.74) is 1.04. The monoisotopic (exact) mass is 260 g/mol. The summed E-state index contributed by atoms with van der Waals surface area (Å²) in [6.07, 6.45) is 2.00. The molecule has 0 aliphatic rings. The molecule has 0 heterocycles. The molecule has 0 aliphatic carbocycles. The summed E-state index contributed by atoms with van der Waals surface area (Å²) < 4.78 is 5.38. The molecule has 0 saturated heterocycles. The molecule has 94 valence electrons. The Kier molecular flexibility index (Phi) is 4.10. The lowest BCUT2D eigenvalue weighted by Gasteiger charge is -2.12. The number of hydrogen-bond acceptors (Lipinski definition) is 3. The van der Waals surface area contributed by atoms with Crippen LogP contribution in [-0.4, -0.2) is 25.6 Å². The Morgan fingerprint density at radius 2 is 1.89 bits per heavy atom. The van der Waals surface area contributed by atoms with Crippen LogP contribution in [0.2, 0.25) is 0 Å². The van der Waals surface area contributed by atoms with Crippen LogP contribution >= 0.6 is 11.8 Å². The van der Waals surface area contributed by atoms with Gasteiger partial charge in [-0.05, 0) is 18.4 Å². The third-order valence-corrected chi connectivity index (χ3v) is 3.41. The molecule has 0 aromatic heterocycles. The van der Waals surface area contributed by atoms with Gasteiger partial charge in [0.2, 0.25) is 0 Å². The van der Waals surface area contributed by atoms with Gasteiger partial charge in [-0.15, -0.1) is 0 Å². The fourth-order valence-electron chi connectivity index (χ4n) is 1.87. The lowest BCUT2D eigenvalue weighted by atomic mass is 10.1. The van der Waals surface area contributed by atoms with Gasteiger partial charge in [-0.25, -0.2) is 0 Å². The third kappa shape index (κ3) is 2.43. The Balaban J connectivity index is 2.52. The van der Waals surface area contributed by atoms with Crippen molar-refractivity contribution in [3.05, 3.63) is 36.4 Å². The van der Waals surface area contributed by atoms with Crippen LogP contribution in [0.25, 0.3) is 10.8 Å². The average molecular weight is 260 g/mol. The number of ether oxygens (including phenoxy) is 1. The maximum atomic E-state index is 5.38. The van der Waals surface area contributed by atoms with Gasteiger partial charge in [0.25, 0.3) is 0 Å². The number of thioether (sulfide) groups is 1. The fourth-order valence-corrected chi connectivity index (χ4v) is 2.27. The van der Waals surface area contributed by atoms with Crippen molar-refractivity contribution in [2.45, 2.75) is 0 Å². The van der Waals surface area contributed by atoms with E-state index in [1.165, 1.54) is 0 Å². The SMILES string of the molecule is CN=C(Nc1ccc(OC)c2ccccc12)SC. The lowest BCUT2D eigenvalue weighted by Crippen LogP contribution is -2.07. The van der Waals surface area contributed by atoms with Gasteiger partial charge in [0.1, 0.15) is 5.75 Å². The summed E-state index contributed by atoms with van der Waals surface area (Å²) in [5.74, 6) is 0.885. The molecular formula is C14H16N2OS. The molecular weight excluding hydrogens is 244 g/mol. The summed E-state index contributed by atoms with van der Waals surface area (Å²) in [4.78, 5) is 4.19. The van der Waals surface area contributed by atoms with Gasteiger partial charge in [0.05, 0.1) is 7.11 Å². The number of amidine groups is 1. The number of hydrogen-bond donors (Lipinski definition) is 1. The van der Waals surface area contributed by atoms with Crippen LogP contribution in [0, 0.1) is 0 Å². The molecule has 4 heteroatoms. The van der Waals surface area contributed by atoms with Crippen LogP contribution < -0.4 is 10.1 Å². The summed E-state index contributed by atoms with van der Waals surface area (Å²) >= 11 is 1.59. The molecule has 3 nitrogen and oxygen atoms in total. The van der Waals surface area contributed by atoms with Crippen molar-refractivity contribution in [2.75, 3.05) is 25.7 Å². The highest BCUT2D eigenvalue weighted by Gasteiger charge is 2.06. The number of rotatable bonds is 2. The minimum atomic E-state index is 0.885. The molecule has 2 aromatic carbocycles. The van der Waals surface area contributed by atoms with E-state index in [9.17, 15) is 0 Å². The minimum absolute atomic E-state index is 0.885. The van der Waals surface area contributed by atoms with Crippen LogP contribution in [0.5, 0.6) is 5.75 Å². The van der Waals surface area contributed by atoms with Crippen molar-refractivity contribution in [3.63, 3.8) is 0 Å². The maximum Gasteiger partial charge on any atom is 0.160 e. The van der Waals surface area contributed by atoms with Gasteiger partial charge < -0.3 is 10.1 Å². The molecule has 0 fully saturated rings. The van der Waals surface area contributed by atoms with Gasteiger partial charge in [0.15, 0.2) is 5.17 Å². The van der Waals surface area contributed by atoms with Crippen LogP contribution in [0.3, 0.4) is 0 Å². The van der Waals surface area contributed by atoms with E-state index >= 15 is 0 Å². The summed E-state index contributed by atoms with van der Waals surface area (Å²) in [5, 5.41) is 6.45. The second kappa shape index (κ2) is 5.78. The van der Waals surface area contributed by atoms with Crippen molar-refractivity contribution in [2.24, 2.45) is 4.99 Å². The number of fused-ring (bicyclic) bond motifs is 1. The molecule has 0 aliphatic heterocycles. The number of nitrogens with one attached hydrogen (secondary N) is 1. The highest BCUT2D eigenvalue weighted by atomic mass is 32.2. The van der Waals surface area contributed by atoms with Crippen molar-refractivity contribution in [1.29, 1.82) is 0 Å². The lowest BCUT2D eigenvalue weighted by molar-refractivity contribution is 0.420. The summed E-state index contributed by atoms with van der Waals surface area (Å²) in [7, 11) is 3.47. The van der Waals surface area contributed by atoms with Crippen LogP contribution in [0.15, 0.2) is 41.4 Å². The first-order chi connectivity index (χ1) is 8.80. The predicted octanol–water partition coefficient (Wildman–Crippen LogP) is 3.61. The molecule has 0 bridgehead atoms. The highest BCUT2D eigenvalue weighted by Crippen LogP contribution is 2.31. The third-order valence-electron chi connectivity index (χ3n) is 2.74. The first-order valence-electron chi connectivity index (χ1n) is 5.63. The van der Waals surface area contributed by atoms with E-state index in [0.717, 1.165) is 27.4 Å². The van der Waals surface area contributed by atoms with Gasteiger partial charge in [-0.2, -0.15) is 0 Å². The molecule has 1 N–H and O–H groups in total. The largest absolute Gasteiger partial charge is 0.496 e. The topological polar surface area (TPSA) is 33.6 Å². The van der Waals surface area contributed by atoms with Crippen molar-refractivity contribution >= 4 is 33.4 Å². The maximum absolute atomic E-state index is 5.38. The van der Waals surface area contributed by atoms with Gasteiger partial charge in [-0.1, -0.05) is 36.0 Å². The zero-order chi connectivity index (χ0) is 13.0. The normalized spacial score (nSPS) is 11.6. The Labute approximate surface area is 111 Å². The van der Waals surface area contributed by atoms with E-state index in [4.69, 9.17) is 4.74 Å². The Hall–Kier alpha value is -1.68. The second-order valence-electron chi connectivity index (χ2n) is 3.72. The molecule has 0 amide bonds. The van der Waals surface area contributed by atoms with E-state index in [1.54, 1.807) is 25.9 Å². The van der Waals surface area contributed by atoms with E-state index < -0.39 is 0 Å². The summed E-state index contributed by atoms with van der Waals surface area (Å²) in [6, 6.07) is 12.2. The molecule has 0 unspecified atom stereocenters. The molecule has 18 heavy (non-hydrogen) atoms. The standard InChI is InChI=1S/C14H16N2OS/c1-15-14(18-3)16-12-8-9-13(17-2)11-7-5-4-6-10(11)12/h4-9H,1-3H3,(H,15,16). The summed E-state index contributed by atoms with van der Waals surface area (Å²) in [6.45, 7) is 0. The number of nitrogens with zero attached hydrogens (tertiary/aromatic N) is 1. The zero-order valence-electron chi connectivity index (χ0n) is 10.7. The molecule has 0 spiro atoms. The van der Waals surface area contributed by atoms with Crippen molar-refractivity contribution in [3.8, 4) is 5.75 Å². The molecule has 0 radical (unpaired) electrons. The molecule has 0 saturated carbocycles. The van der Waals surface area contributed by atoms with Crippen LogP contribution in [0.1, 0.15) is 0 Å². The smallest absolute Gasteiger partial charge is 0.160 e. The van der Waals surface area contributed by atoms with E-state index in [2.05, 4.69) is 22.4 Å². The Morgan fingerprint density at radius 3 is 2.50 bits per heavy atom. The van der Waals surface area contributed by atoms with E-state index in [0.29, 0.717) is 0 Å². The van der Waals surface area contributed by atoms with Crippen LogP contribution in [0.4, 0.5) is 5.69 Å². The first kappa shape index (κ1) is 12.8. The zero-order valence-corrected chi connectivity index (χ0v) is 11.5. The molecule has 2 aromatic rings. The quantitative estimate of drug-likeness (QED) is 0.661. The average Bonchev–Trinajstić information content (AvgIpc) is 2.44. The highest BCUT2D eigenvalue weighted by molar-refractivity contribution is 8.13. The van der Waals surface area contributed by atoms with E-state index in [-0.39, 0.29) is 0 Å². The number of anilines is 1. The van der Waals surface area contributed by atoms with Gasteiger partial charge in [-0.3, -0.25) is 4.99 Å². The number of methoxy groups -OCH3 is 1. The first-order valence-corrected chi connectivity index (χ1v) is 6.86. The Bertz CT molecular complexity index is 581. The van der Waals surface area contributed by atoms with Crippen molar-refractivity contribution < 1.29 is 4.74 Å². The molecule has 2 rings (SSSR count). The van der Waals surface area contributed by atoms with Gasteiger partial charge >= 0.3 is 0 Å². The predicted molar refractivity (Wildman–Crippen MR) is 81.0 cm³/mol. The Morgan fingerprint density at radius 1 is 1.17 bits per heavy atom. The number of aliphatic imine (C=N–C) groups is 1. The van der Waals surface area contributed by atoms with Crippen molar-refractivity contribution in [1.82, 2.24) is 0 Å². The van der Waals surface area contributed by atoms with E-state index in [1.807, 2.05) is 30.5 Å². The van der Waals surface area contributed by atoms with Crippen LogP contribution in [-0.2, 0) is 0 Å². The second-order valence-corrected chi connectivity index (χ2v) is 4.51. The molecule has 0 atom stereocenters. The fraction of sp³-hybridized carbons (Fsp3) is 0.214. The minimum Gasteiger partial charge on any atom is -0.496 e. The van der Waals surface area contributed by atoms with Gasteiger partial charge in [0, 0.05) is 23.5 Å². The number of benzene rings is 2.